The van der Waals surface area contributed by atoms with Gasteiger partial charge in [0.15, 0.2) is 0 Å². The lowest BCUT2D eigenvalue weighted by molar-refractivity contribution is 0.0989. The van der Waals surface area contributed by atoms with E-state index in [9.17, 15) is 9.70 Å². The fourth-order valence-electron chi connectivity index (χ4n) is 1.14. The molecular weight excluding hydrogens is 240 g/mol. The molecule has 0 N–H and O–H groups in total. The highest BCUT2D eigenvalue weighted by molar-refractivity contribution is 7.98. The third-order valence-electron chi connectivity index (χ3n) is 2.02. The molecule has 0 aliphatic rings. The summed E-state index contributed by atoms with van der Waals surface area (Å²) in [4.78, 5) is 21.9. The average molecular weight is 254 g/mol. The van der Waals surface area contributed by atoms with Crippen molar-refractivity contribution in [1.82, 2.24) is 5.01 Å². The molecule has 92 valence electrons. The maximum Gasteiger partial charge on any atom is 0.433 e. The van der Waals surface area contributed by atoms with Crippen LogP contribution in [0.4, 0.5) is 4.79 Å². The fourth-order valence-corrected chi connectivity index (χ4v) is 1.49. The minimum absolute atomic E-state index is 0.144. The van der Waals surface area contributed by atoms with Crippen molar-refractivity contribution < 1.29 is 9.53 Å². The average Bonchev–Trinajstić information content (AvgIpc) is 2.38. The Morgan fingerprint density at radius 2 is 2.12 bits per heavy atom. The molecular formula is C11H14N2O3S. The first-order valence-corrected chi connectivity index (χ1v) is 6.47. The van der Waals surface area contributed by atoms with E-state index in [0.717, 1.165) is 10.6 Å². The van der Waals surface area contributed by atoms with E-state index in [-0.39, 0.29) is 13.2 Å². The molecule has 5 nitrogen and oxygen atoms in total. The van der Waals surface area contributed by atoms with Gasteiger partial charge in [-0.3, -0.25) is 0 Å². The molecule has 0 bridgehead atoms. The molecule has 0 saturated carbocycles. The fraction of sp³-hybridized carbons (Fsp3) is 0.364. The molecule has 1 aromatic rings. The summed E-state index contributed by atoms with van der Waals surface area (Å²) in [5, 5.41) is 3.42. The maximum atomic E-state index is 11.5. The standard InChI is InChI=1S/C11H14N2O3S/c1-17-8-7-13(12-15)11(14)16-9-10-5-3-2-4-6-10/h2-6H,7-9H2,1H3. The van der Waals surface area contributed by atoms with Gasteiger partial charge in [-0.05, 0) is 11.8 Å². The predicted octanol–water partition coefficient (Wildman–Crippen LogP) is 2.67. The van der Waals surface area contributed by atoms with Crippen molar-refractivity contribution in [1.29, 1.82) is 0 Å². The zero-order valence-corrected chi connectivity index (χ0v) is 10.4. The van der Waals surface area contributed by atoms with Crippen molar-refractivity contribution in [2.75, 3.05) is 18.6 Å². The van der Waals surface area contributed by atoms with Crippen molar-refractivity contribution >= 4 is 17.9 Å². The molecule has 0 aromatic heterocycles. The molecule has 1 aromatic carbocycles. The Kier molecular flexibility index (Phi) is 6.09. The van der Waals surface area contributed by atoms with Crippen LogP contribution >= 0.6 is 11.8 Å². The first kappa shape index (κ1) is 13.5. The minimum atomic E-state index is -0.710. The number of thioether (sulfide) groups is 1. The Morgan fingerprint density at radius 3 is 2.71 bits per heavy atom. The summed E-state index contributed by atoms with van der Waals surface area (Å²) in [6.45, 7) is 0.406. The SMILES string of the molecule is CSCCN(N=O)C(=O)OCc1ccccc1. The Morgan fingerprint density at radius 1 is 1.41 bits per heavy atom. The molecule has 0 saturated heterocycles. The summed E-state index contributed by atoms with van der Waals surface area (Å²) in [5.74, 6) is 0.645. The smallest absolute Gasteiger partial charge is 0.433 e. The van der Waals surface area contributed by atoms with Gasteiger partial charge in [-0.2, -0.15) is 16.8 Å². The van der Waals surface area contributed by atoms with Crippen molar-refractivity contribution in [2.45, 2.75) is 6.61 Å². The number of ether oxygens (including phenoxy) is 1. The first-order chi connectivity index (χ1) is 8.27. The molecule has 0 aliphatic carbocycles. The van der Waals surface area contributed by atoms with Crippen LogP contribution in [0.25, 0.3) is 0 Å². The third-order valence-corrected chi connectivity index (χ3v) is 2.61. The van der Waals surface area contributed by atoms with Gasteiger partial charge < -0.3 is 4.74 Å². The highest BCUT2D eigenvalue weighted by atomic mass is 32.2. The summed E-state index contributed by atoms with van der Waals surface area (Å²) in [5.41, 5.74) is 0.872. The number of carbonyl (C=O) groups excluding carboxylic acids is 1. The number of amides is 1. The van der Waals surface area contributed by atoms with Gasteiger partial charge in [-0.15, -0.1) is 4.91 Å². The molecule has 0 atom stereocenters. The predicted molar refractivity (Wildman–Crippen MR) is 67.5 cm³/mol. The van der Waals surface area contributed by atoms with Gasteiger partial charge in [-0.1, -0.05) is 30.3 Å². The van der Waals surface area contributed by atoms with E-state index in [1.807, 2.05) is 36.6 Å². The summed E-state index contributed by atoms with van der Waals surface area (Å²) in [7, 11) is 0. The Labute approximate surface area is 104 Å². The van der Waals surface area contributed by atoms with Crippen LogP contribution < -0.4 is 0 Å². The van der Waals surface area contributed by atoms with Crippen molar-refractivity contribution in [3.63, 3.8) is 0 Å². The zero-order chi connectivity index (χ0) is 12.5. The Bertz CT molecular complexity index is 359. The second-order valence-corrected chi connectivity index (χ2v) is 4.22. The normalized spacial score (nSPS) is 9.71. The van der Waals surface area contributed by atoms with E-state index in [4.69, 9.17) is 4.74 Å². The number of nitrogens with zero attached hydrogens (tertiary/aromatic N) is 2. The van der Waals surface area contributed by atoms with E-state index in [0.29, 0.717) is 5.75 Å². The monoisotopic (exact) mass is 254 g/mol. The number of benzene rings is 1. The molecule has 6 heteroatoms. The van der Waals surface area contributed by atoms with Gasteiger partial charge in [0.25, 0.3) is 0 Å². The van der Waals surface area contributed by atoms with Crippen LogP contribution in [-0.4, -0.2) is 29.7 Å². The first-order valence-electron chi connectivity index (χ1n) is 5.08. The van der Waals surface area contributed by atoms with Gasteiger partial charge in [0.1, 0.15) is 6.61 Å². The summed E-state index contributed by atoms with van der Waals surface area (Å²) >= 11 is 1.53. The quantitative estimate of drug-likeness (QED) is 0.578. The highest BCUT2D eigenvalue weighted by Gasteiger charge is 2.14. The van der Waals surface area contributed by atoms with Crippen molar-refractivity contribution in [2.24, 2.45) is 5.29 Å². The van der Waals surface area contributed by atoms with Gasteiger partial charge >= 0.3 is 6.09 Å². The lowest BCUT2D eigenvalue weighted by atomic mass is 10.2. The molecule has 17 heavy (non-hydrogen) atoms. The van der Waals surface area contributed by atoms with Crippen LogP contribution in [0.1, 0.15) is 5.56 Å². The lowest BCUT2D eigenvalue weighted by Crippen LogP contribution is -2.28. The number of rotatable bonds is 6. The Hall–Kier alpha value is -1.56. The van der Waals surface area contributed by atoms with Crippen LogP contribution in [0.5, 0.6) is 0 Å². The summed E-state index contributed by atoms with van der Waals surface area (Å²) in [6, 6.07) is 9.27. The van der Waals surface area contributed by atoms with Crippen molar-refractivity contribution in [3.05, 3.63) is 40.8 Å². The molecule has 0 radical (unpaired) electrons. The minimum Gasteiger partial charge on any atom is -0.443 e. The van der Waals surface area contributed by atoms with Crippen LogP contribution in [0.3, 0.4) is 0 Å². The molecule has 0 spiro atoms. The van der Waals surface area contributed by atoms with Crippen LogP contribution in [0, 0.1) is 4.91 Å². The number of hydrogen-bond donors (Lipinski definition) is 0. The zero-order valence-electron chi connectivity index (χ0n) is 9.54. The van der Waals surface area contributed by atoms with Gasteiger partial charge in [0.2, 0.25) is 0 Å². The topological polar surface area (TPSA) is 59.0 Å². The lowest BCUT2D eigenvalue weighted by Gasteiger charge is -2.12. The second kappa shape index (κ2) is 7.67. The summed E-state index contributed by atoms with van der Waals surface area (Å²) < 4.78 is 4.96. The third kappa shape index (κ3) is 4.86. The number of nitroso groups, excluding NO2 is 1. The van der Waals surface area contributed by atoms with Crippen LogP contribution in [0.2, 0.25) is 0 Å². The van der Waals surface area contributed by atoms with Crippen molar-refractivity contribution in [3.8, 4) is 0 Å². The second-order valence-electron chi connectivity index (χ2n) is 3.24. The van der Waals surface area contributed by atoms with E-state index in [1.165, 1.54) is 11.8 Å². The van der Waals surface area contributed by atoms with E-state index < -0.39 is 6.09 Å². The number of carbonyl (C=O) groups is 1. The van der Waals surface area contributed by atoms with Gasteiger partial charge in [0.05, 0.1) is 11.8 Å². The van der Waals surface area contributed by atoms with Gasteiger partial charge in [0, 0.05) is 5.75 Å². The van der Waals surface area contributed by atoms with Gasteiger partial charge in [-0.25, -0.2) is 4.79 Å². The van der Waals surface area contributed by atoms with E-state index >= 15 is 0 Å². The molecule has 0 unspecified atom stereocenters. The van der Waals surface area contributed by atoms with E-state index in [1.54, 1.807) is 0 Å². The van der Waals surface area contributed by atoms with Crippen LogP contribution in [-0.2, 0) is 11.3 Å². The molecule has 0 heterocycles. The van der Waals surface area contributed by atoms with Crippen LogP contribution in [0.15, 0.2) is 35.6 Å². The van der Waals surface area contributed by atoms with E-state index in [2.05, 4.69) is 5.29 Å². The Balaban J connectivity index is 2.40. The molecule has 0 aliphatic heterocycles. The molecule has 1 amide bonds. The molecule has 1 rings (SSSR count). The summed E-state index contributed by atoms with van der Waals surface area (Å²) in [6.07, 6.45) is 1.18. The largest absolute Gasteiger partial charge is 0.443 e. The highest BCUT2D eigenvalue weighted by Crippen LogP contribution is 2.04. The maximum absolute atomic E-state index is 11.5. The molecule has 0 fully saturated rings. The number of hydrogen-bond acceptors (Lipinski definition) is 5.